The maximum Gasteiger partial charge on any atom is 1.00 e. The molecule has 30 heteroatoms. The Morgan fingerprint density at radius 2 is 0.658 bits per heavy atom. The number of rotatable bonds is 15. The van der Waals surface area contributed by atoms with Crippen molar-refractivity contribution in [3.8, 4) is 11.1 Å². The van der Waals surface area contributed by atoms with E-state index < -0.39 is 30.0 Å². The van der Waals surface area contributed by atoms with E-state index in [0.29, 0.717) is 17.4 Å². The fraction of sp³-hybridized carbons (Fsp3) is 0. The molecule has 6 aromatic carbocycles. The second-order valence-corrected chi connectivity index (χ2v) is 27.0. The van der Waals surface area contributed by atoms with Crippen LogP contribution in [0.5, 0.6) is 0 Å². The first-order valence-corrected chi connectivity index (χ1v) is 30.6. The van der Waals surface area contributed by atoms with Crippen molar-refractivity contribution < 1.29 is 87.9 Å². The van der Waals surface area contributed by atoms with Gasteiger partial charge in [-0.15, -0.1) is 45.3 Å². The molecule has 0 aliphatic heterocycles. The molecule has 0 unspecified atom stereocenters. The molecule has 4 N–H and O–H groups in total. The van der Waals surface area contributed by atoms with E-state index in [1.54, 1.807) is 0 Å². The Hall–Kier alpha value is -4.28. The number of para-hydroxylation sites is 4. The number of thiazole rings is 4. The van der Waals surface area contributed by atoms with E-state index >= 15 is 0 Å². The van der Waals surface area contributed by atoms with Crippen molar-refractivity contribution >= 4 is 177 Å². The van der Waals surface area contributed by atoms with Crippen molar-refractivity contribution in [3.63, 3.8) is 0 Å². The molecule has 0 fully saturated rings. The van der Waals surface area contributed by atoms with Gasteiger partial charge in [0.2, 0.25) is 32.5 Å². The summed E-state index contributed by atoms with van der Waals surface area (Å²) in [6, 6.07) is 38.5. The predicted molar refractivity (Wildman–Crippen MR) is 295 cm³/mol. The molecule has 0 aliphatic rings. The Morgan fingerprint density at radius 3 is 0.921 bits per heavy atom. The van der Waals surface area contributed by atoms with E-state index in [-0.39, 0.29) is 117 Å². The van der Waals surface area contributed by atoms with Crippen LogP contribution in [-0.2, 0) is 20.2 Å². The zero-order chi connectivity index (χ0) is 50.6. The smallest absolute Gasteiger partial charge is 1.00 e. The molecule has 12 aromatic rings. The third-order valence-electron chi connectivity index (χ3n) is 10.3. The number of hydrogen-bond acceptors (Lipinski definition) is 24. The number of anilines is 4. The second kappa shape index (κ2) is 23.2. The normalized spacial score (nSPS) is 11.8. The largest absolute Gasteiger partial charge is 1.00 e. The monoisotopic (exact) mass is 1210 g/mol. The van der Waals surface area contributed by atoms with Gasteiger partial charge in [-0.3, -0.25) is 9.11 Å². The second-order valence-electron chi connectivity index (χ2n) is 15.3. The van der Waals surface area contributed by atoms with Gasteiger partial charge in [-0.2, -0.15) is 46.7 Å². The molecule has 0 atom stereocenters. The van der Waals surface area contributed by atoms with Crippen LogP contribution >= 0.6 is 92.4 Å². The fourth-order valence-corrected chi connectivity index (χ4v) is 16.5. The van der Waals surface area contributed by atoms with Gasteiger partial charge in [0.25, 0.3) is 20.2 Å². The van der Waals surface area contributed by atoms with Gasteiger partial charge in [-0.05, 0) is 120 Å². The van der Waals surface area contributed by atoms with Gasteiger partial charge in [0, 0.05) is 22.5 Å². The van der Waals surface area contributed by atoms with Crippen LogP contribution in [0.1, 0.15) is 2.85 Å². The minimum Gasteiger partial charge on any atom is -1.00 e. The maximum atomic E-state index is 13.2. The van der Waals surface area contributed by atoms with E-state index in [2.05, 4.69) is 30.6 Å². The standard InChI is InChI=1S/C46H26N12O6S10.2Na.2H/c59-73(60,61)35-21-23(47-37-53-39(69-43-49-27-9-1-5-13-31(27)65-43)57-40(54-37)70-44-50-28-10-2-6-14-32(28)66-44)17-19-25(35)26-20-18-24(22-36(26)74(62,63)64)48-38-55-41(71-45-51-29-11-3-7-15-33(29)67-45)58-42(56-38)72-46-52-30-12-4-8-16-34(30)68-46;;;;/h1-22H,(H,59,60,61)(H,62,63,64)(H,47,53,54,57)(H,48,55,56,58);;;;/q;2*+1;2*-1. The number of aromatic nitrogens is 10. The van der Waals surface area contributed by atoms with Crippen LogP contribution in [0, 0.1) is 0 Å². The Kier molecular flexibility index (Phi) is 16.8. The number of benzene rings is 6. The van der Waals surface area contributed by atoms with E-state index in [1.165, 1.54) is 117 Å². The molecule has 76 heavy (non-hydrogen) atoms. The molecule has 12 rings (SSSR count). The summed E-state index contributed by atoms with van der Waals surface area (Å²) in [5.74, 6) is 0.0498. The van der Waals surface area contributed by atoms with Crippen LogP contribution < -0.4 is 69.7 Å². The first-order valence-electron chi connectivity index (χ1n) is 21.2. The third-order valence-corrected chi connectivity index (χ3v) is 20.0. The topological polar surface area (TPSA) is 262 Å². The zero-order valence-electron chi connectivity index (χ0n) is 40.8. The van der Waals surface area contributed by atoms with Gasteiger partial charge in [0.05, 0.1) is 40.9 Å². The van der Waals surface area contributed by atoms with Gasteiger partial charge < -0.3 is 13.5 Å². The predicted octanol–water partition coefficient (Wildman–Crippen LogP) is 6.98. The number of hydrogen-bond donors (Lipinski definition) is 4. The first-order chi connectivity index (χ1) is 35.8. The molecule has 0 bridgehead atoms. The summed E-state index contributed by atoms with van der Waals surface area (Å²) in [4.78, 5) is 45.4. The van der Waals surface area contributed by atoms with Crippen LogP contribution in [0.4, 0.5) is 23.3 Å². The van der Waals surface area contributed by atoms with Gasteiger partial charge in [0.15, 0.2) is 17.4 Å². The van der Waals surface area contributed by atoms with E-state index in [4.69, 9.17) is 29.9 Å². The van der Waals surface area contributed by atoms with Crippen LogP contribution in [0.15, 0.2) is 181 Å². The number of nitrogens with zero attached hydrogens (tertiary/aromatic N) is 10. The van der Waals surface area contributed by atoms with Crippen molar-refractivity contribution in [1.29, 1.82) is 0 Å². The molecule has 0 aliphatic carbocycles. The molecule has 6 aromatic heterocycles. The molecular formula is C46H28N12Na2O6S10. The average molecular weight is 1210 g/mol. The van der Waals surface area contributed by atoms with Crippen LogP contribution in [-0.4, -0.2) is 75.8 Å². The van der Waals surface area contributed by atoms with Gasteiger partial charge in [0.1, 0.15) is 9.79 Å². The van der Waals surface area contributed by atoms with E-state index in [0.717, 1.165) is 53.0 Å². The molecule has 0 saturated carbocycles. The van der Waals surface area contributed by atoms with Crippen molar-refractivity contribution in [3.05, 3.63) is 133 Å². The van der Waals surface area contributed by atoms with Crippen LogP contribution in [0.25, 0.3) is 52.0 Å². The average Bonchev–Trinajstić information content (AvgIpc) is 4.19. The molecule has 370 valence electrons. The van der Waals surface area contributed by atoms with Crippen molar-refractivity contribution in [2.24, 2.45) is 0 Å². The first kappa shape index (κ1) is 55.1. The summed E-state index contributed by atoms with van der Waals surface area (Å²) >= 11 is 10.7. The fourth-order valence-electron chi connectivity index (χ4n) is 7.19. The van der Waals surface area contributed by atoms with Crippen molar-refractivity contribution in [2.75, 3.05) is 10.6 Å². The summed E-state index contributed by atoms with van der Waals surface area (Å²) < 4.78 is 80.8. The minimum absolute atomic E-state index is 0. The Morgan fingerprint density at radius 1 is 0.382 bits per heavy atom. The zero-order valence-corrected chi connectivity index (χ0v) is 50.9. The van der Waals surface area contributed by atoms with Crippen LogP contribution in [0.3, 0.4) is 0 Å². The molecular weight excluding hydrogens is 1180 g/mol. The summed E-state index contributed by atoms with van der Waals surface area (Å²) in [6.45, 7) is 0. The summed E-state index contributed by atoms with van der Waals surface area (Å²) in [5.41, 5.74) is 3.00. The summed E-state index contributed by atoms with van der Waals surface area (Å²) in [6.07, 6.45) is 0. The van der Waals surface area contributed by atoms with Gasteiger partial charge in [-0.25, -0.2) is 19.9 Å². The maximum absolute atomic E-state index is 13.2. The molecule has 0 amide bonds. The Bertz CT molecular complexity index is 3830. The molecule has 18 nitrogen and oxygen atoms in total. The third kappa shape index (κ3) is 12.6. The summed E-state index contributed by atoms with van der Waals surface area (Å²) in [7, 11) is -10.1. The number of nitrogens with one attached hydrogen (secondary N) is 2. The molecule has 0 radical (unpaired) electrons. The Labute approximate surface area is 511 Å². The van der Waals surface area contributed by atoms with Crippen molar-refractivity contribution in [1.82, 2.24) is 49.8 Å². The molecule has 0 spiro atoms. The molecule has 6 heterocycles. The van der Waals surface area contributed by atoms with Crippen molar-refractivity contribution in [2.45, 2.75) is 47.8 Å². The summed E-state index contributed by atoms with van der Waals surface area (Å²) in [5, 5.41) is 7.20. The quantitative estimate of drug-likeness (QED) is 0.0596. The SMILES string of the molecule is O=S(=O)(O)c1cc(Nc2nc(Sc3nc4ccccc4s3)nc(Sc3nc4ccccc4s3)n2)ccc1-c1ccc(Nc2nc(Sc3nc4ccccc4s3)nc(Sc3nc4ccccc4s3)n2)cc1S(=O)(=O)O.[H-].[H-].[Na+].[Na+]. The van der Waals surface area contributed by atoms with Gasteiger partial charge in [-0.1, -0.05) is 60.7 Å². The molecule has 0 saturated heterocycles. The van der Waals surface area contributed by atoms with E-state index in [1.807, 2.05) is 97.1 Å². The minimum atomic E-state index is -5.07. The van der Waals surface area contributed by atoms with Crippen LogP contribution in [0.2, 0.25) is 0 Å². The van der Waals surface area contributed by atoms with Gasteiger partial charge >= 0.3 is 59.1 Å². The Balaban J connectivity index is 0.00000201. The van der Waals surface area contributed by atoms with E-state index in [9.17, 15) is 25.9 Å². The number of fused-ring (bicyclic) bond motifs is 4.